The van der Waals surface area contributed by atoms with Crippen LogP contribution < -0.4 is 5.73 Å². The second-order valence-electron chi connectivity index (χ2n) is 2.63. The van der Waals surface area contributed by atoms with Gasteiger partial charge in [0.25, 0.3) is 0 Å². The van der Waals surface area contributed by atoms with Crippen LogP contribution in [0.2, 0.25) is 0 Å². The van der Waals surface area contributed by atoms with Crippen molar-refractivity contribution in [1.29, 1.82) is 0 Å². The quantitative estimate of drug-likeness (QED) is 0.498. The Bertz CT molecular complexity index is 93.6. The second kappa shape index (κ2) is 3.91. The predicted molar refractivity (Wildman–Crippen MR) is 40.3 cm³/mol. The van der Waals surface area contributed by atoms with Crippen LogP contribution in [0.3, 0.4) is 0 Å². The Kier molecular flexibility index (Phi) is 3.86. The molecule has 0 rings (SSSR count). The van der Waals surface area contributed by atoms with Crippen LogP contribution in [0.15, 0.2) is 0 Å². The molecule has 0 fully saturated rings. The standard InChI is InChI=1S/C7H17NO2/c1-3-5-6(8)7(9,10)4-2/h6,9-10H,3-5,8H2,1-2H3. The largest absolute Gasteiger partial charge is 0.364 e. The maximum atomic E-state index is 9.15. The Morgan fingerprint density at radius 3 is 2.20 bits per heavy atom. The monoisotopic (exact) mass is 147 g/mol. The van der Waals surface area contributed by atoms with E-state index in [0.29, 0.717) is 6.42 Å². The van der Waals surface area contributed by atoms with Gasteiger partial charge >= 0.3 is 0 Å². The van der Waals surface area contributed by atoms with Gasteiger partial charge in [-0.2, -0.15) is 0 Å². The van der Waals surface area contributed by atoms with Crippen LogP contribution in [-0.2, 0) is 0 Å². The van der Waals surface area contributed by atoms with Crippen LogP contribution in [0.25, 0.3) is 0 Å². The number of nitrogens with two attached hydrogens (primary N) is 1. The summed E-state index contributed by atoms with van der Waals surface area (Å²) in [6.07, 6.45) is 1.82. The number of hydrogen-bond donors (Lipinski definition) is 3. The van der Waals surface area contributed by atoms with Crippen LogP contribution in [0.5, 0.6) is 0 Å². The van der Waals surface area contributed by atoms with Gasteiger partial charge < -0.3 is 15.9 Å². The van der Waals surface area contributed by atoms with Crippen LogP contribution in [0.1, 0.15) is 33.1 Å². The molecule has 0 spiro atoms. The van der Waals surface area contributed by atoms with E-state index in [0.717, 1.165) is 6.42 Å². The molecule has 0 aliphatic rings. The van der Waals surface area contributed by atoms with E-state index in [2.05, 4.69) is 0 Å². The predicted octanol–water partition coefficient (Wildman–Crippen LogP) is 0.205. The van der Waals surface area contributed by atoms with Gasteiger partial charge in [-0.3, -0.25) is 0 Å². The fraction of sp³-hybridized carbons (Fsp3) is 1.00. The Labute approximate surface area is 61.9 Å². The minimum atomic E-state index is -1.67. The molecule has 3 heteroatoms. The lowest BCUT2D eigenvalue weighted by atomic mass is 10.0. The van der Waals surface area contributed by atoms with Crippen LogP contribution in [-0.4, -0.2) is 22.0 Å². The average molecular weight is 147 g/mol. The van der Waals surface area contributed by atoms with E-state index < -0.39 is 11.8 Å². The number of aliphatic hydroxyl groups is 2. The van der Waals surface area contributed by atoms with Crippen LogP contribution in [0.4, 0.5) is 0 Å². The summed E-state index contributed by atoms with van der Waals surface area (Å²) in [4.78, 5) is 0. The molecule has 0 saturated carbocycles. The average Bonchev–Trinajstić information content (AvgIpc) is 1.89. The minimum Gasteiger partial charge on any atom is -0.364 e. The first-order chi connectivity index (χ1) is 4.54. The van der Waals surface area contributed by atoms with Crippen molar-refractivity contribution >= 4 is 0 Å². The molecule has 1 unspecified atom stereocenters. The van der Waals surface area contributed by atoms with Crippen molar-refractivity contribution in [2.45, 2.75) is 44.9 Å². The summed E-state index contributed by atoms with van der Waals surface area (Å²) in [5, 5.41) is 18.3. The Balaban J connectivity index is 3.78. The van der Waals surface area contributed by atoms with Crippen LogP contribution in [0, 0.1) is 0 Å². The number of rotatable bonds is 4. The molecule has 4 N–H and O–H groups in total. The smallest absolute Gasteiger partial charge is 0.177 e. The molecule has 0 bridgehead atoms. The van der Waals surface area contributed by atoms with Gasteiger partial charge in [-0.25, -0.2) is 0 Å². The fourth-order valence-electron chi connectivity index (χ4n) is 0.804. The highest BCUT2D eigenvalue weighted by Crippen LogP contribution is 2.12. The molecule has 0 heterocycles. The first-order valence-corrected chi connectivity index (χ1v) is 3.75. The van der Waals surface area contributed by atoms with E-state index in [1.54, 1.807) is 6.92 Å². The molecule has 0 amide bonds. The lowest BCUT2D eigenvalue weighted by Crippen LogP contribution is -2.47. The summed E-state index contributed by atoms with van der Waals surface area (Å²) in [6, 6.07) is -0.512. The summed E-state index contributed by atoms with van der Waals surface area (Å²) in [5.74, 6) is -1.67. The highest BCUT2D eigenvalue weighted by Gasteiger charge is 2.27. The van der Waals surface area contributed by atoms with Gasteiger partial charge in [0.1, 0.15) is 0 Å². The van der Waals surface area contributed by atoms with Crippen molar-refractivity contribution in [3.63, 3.8) is 0 Å². The third kappa shape index (κ3) is 2.64. The second-order valence-corrected chi connectivity index (χ2v) is 2.63. The van der Waals surface area contributed by atoms with Gasteiger partial charge in [-0.15, -0.1) is 0 Å². The van der Waals surface area contributed by atoms with E-state index in [4.69, 9.17) is 15.9 Å². The van der Waals surface area contributed by atoms with Gasteiger partial charge in [0.2, 0.25) is 0 Å². The van der Waals surface area contributed by atoms with E-state index in [1.807, 2.05) is 6.92 Å². The van der Waals surface area contributed by atoms with Crippen molar-refractivity contribution in [1.82, 2.24) is 0 Å². The van der Waals surface area contributed by atoms with Gasteiger partial charge in [-0.1, -0.05) is 20.3 Å². The van der Waals surface area contributed by atoms with E-state index >= 15 is 0 Å². The zero-order valence-corrected chi connectivity index (χ0v) is 6.67. The maximum absolute atomic E-state index is 9.15. The molecule has 0 aromatic rings. The first kappa shape index (κ1) is 9.88. The summed E-state index contributed by atoms with van der Waals surface area (Å²) in [7, 11) is 0. The molecule has 62 valence electrons. The van der Waals surface area contributed by atoms with Gasteiger partial charge in [0.15, 0.2) is 5.79 Å². The molecule has 3 nitrogen and oxygen atoms in total. The summed E-state index contributed by atoms with van der Waals surface area (Å²) >= 11 is 0. The minimum absolute atomic E-state index is 0.286. The molecule has 0 aliphatic heterocycles. The van der Waals surface area contributed by atoms with Crippen molar-refractivity contribution in [2.24, 2.45) is 5.73 Å². The lowest BCUT2D eigenvalue weighted by molar-refractivity contribution is -0.179. The zero-order valence-electron chi connectivity index (χ0n) is 6.67. The van der Waals surface area contributed by atoms with E-state index in [9.17, 15) is 0 Å². The normalized spacial score (nSPS) is 15.3. The van der Waals surface area contributed by atoms with Crippen molar-refractivity contribution in [2.75, 3.05) is 0 Å². The van der Waals surface area contributed by atoms with Crippen molar-refractivity contribution < 1.29 is 10.2 Å². The lowest BCUT2D eigenvalue weighted by Gasteiger charge is -2.26. The van der Waals surface area contributed by atoms with Gasteiger partial charge in [-0.05, 0) is 12.8 Å². The highest BCUT2D eigenvalue weighted by molar-refractivity contribution is 4.76. The molecule has 10 heavy (non-hydrogen) atoms. The molecule has 0 aromatic carbocycles. The van der Waals surface area contributed by atoms with Crippen molar-refractivity contribution in [3.8, 4) is 0 Å². The van der Waals surface area contributed by atoms with E-state index in [-0.39, 0.29) is 6.42 Å². The van der Waals surface area contributed by atoms with Crippen molar-refractivity contribution in [3.05, 3.63) is 0 Å². The molecular weight excluding hydrogens is 130 g/mol. The Morgan fingerprint density at radius 2 is 1.90 bits per heavy atom. The SMILES string of the molecule is CCCC(N)C(O)(O)CC. The maximum Gasteiger partial charge on any atom is 0.177 e. The van der Waals surface area contributed by atoms with E-state index in [1.165, 1.54) is 0 Å². The molecule has 0 saturated heterocycles. The summed E-state index contributed by atoms with van der Waals surface area (Å²) in [5.41, 5.74) is 5.47. The highest BCUT2D eigenvalue weighted by atomic mass is 16.5. The third-order valence-corrected chi connectivity index (χ3v) is 1.71. The zero-order chi connectivity index (χ0) is 8.20. The molecule has 0 radical (unpaired) electrons. The number of hydrogen-bond acceptors (Lipinski definition) is 3. The molecule has 0 aromatic heterocycles. The molecule has 1 atom stereocenters. The topological polar surface area (TPSA) is 66.5 Å². The summed E-state index contributed by atoms with van der Waals surface area (Å²) in [6.45, 7) is 3.67. The molecule has 0 aliphatic carbocycles. The van der Waals surface area contributed by atoms with Gasteiger partial charge in [0, 0.05) is 0 Å². The Hall–Kier alpha value is -0.120. The first-order valence-electron chi connectivity index (χ1n) is 3.75. The third-order valence-electron chi connectivity index (χ3n) is 1.71. The Morgan fingerprint density at radius 1 is 1.40 bits per heavy atom. The molecular formula is C7H17NO2. The van der Waals surface area contributed by atoms with Gasteiger partial charge in [0.05, 0.1) is 6.04 Å². The fourth-order valence-corrected chi connectivity index (χ4v) is 0.804. The van der Waals surface area contributed by atoms with Crippen LogP contribution >= 0.6 is 0 Å². The summed E-state index contributed by atoms with van der Waals surface area (Å²) < 4.78 is 0.